The maximum absolute atomic E-state index is 12.0. The molecule has 0 aliphatic carbocycles. The molecule has 0 saturated carbocycles. The van der Waals surface area contributed by atoms with Gasteiger partial charge in [0.05, 0.1) is 5.56 Å². The van der Waals surface area contributed by atoms with Gasteiger partial charge >= 0.3 is 5.97 Å². The summed E-state index contributed by atoms with van der Waals surface area (Å²) in [6.07, 6.45) is 3.92. The third-order valence-corrected chi connectivity index (χ3v) is 5.66. The molecule has 5 rings (SSSR count). The van der Waals surface area contributed by atoms with Crippen LogP contribution in [-0.2, 0) is 0 Å². The highest BCUT2D eigenvalue weighted by molar-refractivity contribution is 6.31. The Kier molecular flexibility index (Phi) is 4.14. The maximum atomic E-state index is 12.0. The monoisotopic (exact) mass is 400 g/mol. The number of aromatic nitrogens is 2. The highest BCUT2D eigenvalue weighted by Crippen LogP contribution is 2.41. The Morgan fingerprint density at radius 2 is 1.45 bits per heavy atom. The molecule has 3 aromatic carbocycles. The first kappa shape index (κ1) is 17.6. The van der Waals surface area contributed by atoms with E-state index in [1.807, 2.05) is 60.9 Å². The molecule has 0 fully saturated rings. The van der Waals surface area contributed by atoms with Gasteiger partial charge < -0.3 is 15.1 Å². The van der Waals surface area contributed by atoms with Crippen molar-refractivity contribution in [3.63, 3.8) is 0 Å². The van der Waals surface area contributed by atoms with Crippen molar-refractivity contribution in [2.24, 2.45) is 0 Å². The fourth-order valence-electron chi connectivity index (χ4n) is 4.13. The highest BCUT2D eigenvalue weighted by Gasteiger charge is 2.26. The number of hydrogen-bond donors (Lipinski definition) is 3. The SMILES string of the molecule is O=C(O)c1ccccc1C(c1c[nH]c2ccccc12)c1c[nH]c2ccc(Cl)cc12. The smallest absolute Gasteiger partial charge is 0.335 e. The molecule has 0 radical (unpaired) electrons. The molecule has 1 unspecified atom stereocenters. The van der Waals surface area contributed by atoms with E-state index in [4.69, 9.17) is 11.6 Å². The van der Waals surface area contributed by atoms with Gasteiger partial charge in [-0.05, 0) is 47.0 Å². The van der Waals surface area contributed by atoms with Crippen LogP contribution in [0.3, 0.4) is 0 Å². The predicted molar refractivity (Wildman–Crippen MR) is 116 cm³/mol. The molecule has 5 aromatic rings. The fraction of sp³-hybridized carbons (Fsp3) is 0.0417. The third-order valence-electron chi connectivity index (χ3n) is 5.42. The second-order valence-corrected chi connectivity index (χ2v) is 7.49. The number of aromatic carboxylic acids is 1. The number of benzene rings is 3. The fourth-order valence-corrected chi connectivity index (χ4v) is 4.30. The lowest BCUT2D eigenvalue weighted by Crippen LogP contribution is -2.09. The first-order chi connectivity index (χ1) is 14.1. The first-order valence-electron chi connectivity index (χ1n) is 9.28. The molecule has 2 aromatic heterocycles. The van der Waals surface area contributed by atoms with Crippen LogP contribution < -0.4 is 0 Å². The van der Waals surface area contributed by atoms with Crippen LogP contribution in [-0.4, -0.2) is 21.0 Å². The summed E-state index contributed by atoms with van der Waals surface area (Å²) in [6.45, 7) is 0. The van der Waals surface area contributed by atoms with Gasteiger partial charge in [0, 0.05) is 45.1 Å². The number of fused-ring (bicyclic) bond motifs is 2. The van der Waals surface area contributed by atoms with Crippen LogP contribution in [0, 0.1) is 0 Å². The number of carbonyl (C=O) groups is 1. The Morgan fingerprint density at radius 1 is 0.793 bits per heavy atom. The summed E-state index contributed by atoms with van der Waals surface area (Å²) in [5, 5.41) is 12.5. The van der Waals surface area contributed by atoms with Crippen LogP contribution in [0.1, 0.15) is 33.0 Å². The van der Waals surface area contributed by atoms with Crippen molar-refractivity contribution in [2.45, 2.75) is 5.92 Å². The topological polar surface area (TPSA) is 68.9 Å². The summed E-state index contributed by atoms with van der Waals surface area (Å²) in [6, 6.07) is 20.9. The molecule has 0 amide bonds. The summed E-state index contributed by atoms with van der Waals surface area (Å²) in [4.78, 5) is 18.6. The zero-order valence-electron chi connectivity index (χ0n) is 15.3. The molecule has 0 saturated heterocycles. The summed E-state index contributed by atoms with van der Waals surface area (Å²) in [5.74, 6) is -1.21. The zero-order valence-corrected chi connectivity index (χ0v) is 16.1. The van der Waals surface area contributed by atoms with Crippen molar-refractivity contribution in [1.82, 2.24) is 9.97 Å². The molecule has 142 valence electrons. The summed E-state index contributed by atoms with van der Waals surface area (Å²) in [5.41, 5.74) is 5.01. The molecule has 2 heterocycles. The van der Waals surface area contributed by atoms with Crippen LogP contribution >= 0.6 is 11.6 Å². The van der Waals surface area contributed by atoms with Gasteiger partial charge in [-0.15, -0.1) is 0 Å². The molecule has 0 spiro atoms. The number of halogens is 1. The number of carboxylic acid groups (broad SMARTS) is 1. The van der Waals surface area contributed by atoms with E-state index in [-0.39, 0.29) is 5.92 Å². The van der Waals surface area contributed by atoms with Crippen LogP contribution in [0.4, 0.5) is 0 Å². The van der Waals surface area contributed by atoms with Gasteiger partial charge in [-0.25, -0.2) is 4.79 Å². The van der Waals surface area contributed by atoms with E-state index in [9.17, 15) is 9.90 Å². The number of para-hydroxylation sites is 1. The summed E-state index contributed by atoms with van der Waals surface area (Å²) in [7, 11) is 0. The van der Waals surface area contributed by atoms with E-state index in [0.717, 1.165) is 38.5 Å². The second-order valence-electron chi connectivity index (χ2n) is 7.05. The van der Waals surface area contributed by atoms with Gasteiger partial charge in [-0.2, -0.15) is 0 Å². The predicted octanol–water partition coefficient (Wildman–Crippen LogP) is 6.18. The lowest BCUT2D eigenvalue weighted by Gasteiger charge is -2.19. The Bertz CT molecular complexity index is 1370. The Morgan fingerprint density at radius 3 is 2.24 bits per heavy atom. The molecule has 3 N–H and O–H groups in total. The van der Waals surface area contributed by atoms with Crippen molar-refractivity contribution < 1.29 is 9.90 Å². The van der Waals surface area contributed by atoms with Gasteiger partial charge in [0.15, 0.2) is 0 Å². The van der Waals surface area contributed by atoms with Crippen molar-refractivity contribution in [1.29, 1.82) is 0 Å². The van der Waals surface area contributed by atoms with Gasteiger partial charge in [-0.3, -0.25) is 0 Å². The Hall–Kier alpha value is -3.50. The molecular formula is C24H17ClN2O2. The highest BCUT2D eigenvalue weighted by atomic mass is 35.5. The molecule has 0 aliphatic heterocycles. The average molecular weight is 401 g/mol. The van der Waals surface area contributed by atoms with E-state index in [0.29, 0.717) is 10.6 Å². The molecule has 1 atom stereocenters. The number of hydrogen-bond acceptors (Lipinski definition) is 1. The standard InChI is InChI=1S/C24H17ClN2O2/c25-14-9-10-22-18(11-14)20(13-27-22)23(16-6-1-2-7-17(16)24(28)29)19-12-26-21-8-4-3-5-15(19)21/h1-13,23,26-27H,(H,28,29). The first-order valence-corrected chi connectivity index (χ1v) is 9.66. The van der Waals surface area contributed by atoms with Gasteiger partial charge in [-0.1, -0.05) is 48.0 Å². The number of nitrogens with one attached hydrogen (secondary N) is 2. The molecule has 0 aliphatic rings. The normalized spacial score (nSPS) is 12.4. The largest absolute Gasteiger partial charge is 0.478 e. The number of aromatic amines is 2. The molecule has 0 bridgehead atoms. The van der Waals surface area contributed by atoms with E-state index >= 15 is 0 Å². The third kappa shape index (κ3) is 2.89. The molecule has 29 heavy (non-hydrogen) atoms. The van der Waals surface area contributed by atoms with Gasteiger partial charge in [0.1, 0.15) is 0 Å². The number of carboxylic acids is 1. The van der Waals surface area contributed by atoms with Crippen molar-refractivity contribution >= 4 is 39.4 Å². The summed E-state index contributed by atoms with van der Waals surface area (Å²) >= 11 is 6.29. The maximum Gasteiger partial charge on any atom is 0.335 e. The minimum Gasteiger partial charge on any atom is -0.478 e. The van der Waals surface area contributed by atoms with E-state index in [1.165, 1.54) is 0 Å². The van der Waals surface area contributed by atoms with Crippen LogP contribution in [0.2, 0.25) is 5.02 Å². The quantitative estimate of drug-likeness (QED) is 0.337. The van der Waals surface area contributed by atoms with Crippen molar-refractivity contribution in [2.75, 3.05) is 0 Å². The van der Waals surface area contributed by atoms with Gasteiger partial charge in [0.2, 0.25) is 0 Å². The lowest BCUT2D eigenvalue weighted by atomic mass is 9.82. The second kappa shape index (κ2) is 6.83. The van der Waals surface area contributed by atoms with E-state index < -0.39 is 5.97 Å². The number of rotatable bonds is 4. The minimum absolute atomic E-state index is 0.273. The van der Waals surface area contributed by atoms with Crippen LogP contribution in [0.5, 0.6) is 0 Å². The van der Waals surface area contributed by atoms with Crippen LogP contribution in [0.15, 0.2) is 79.1 Å². The van der Waals surface area contributed by atoms with Crippen molar-refractivity contribution in [3.05, 3.63) is 106 Å². The van der Waals surface area contributed by atoms with Gasteiger partial charge in [0.25, 0.3) is 0 Å². The average Bonchev–Trinajstić information content (AvgIpc) is 3.34. The van der Waals surface area contributed by atoms with Crippen LogP contribution in [0.25, 0.3) is 21.8 Å². The molecular weight excluding hydrogens is 384 g/mol. The summed E-state index contributed by atoms with van der Waals surface area (Å²) < 4.78 is 0. The lowest BCUT2D eigenvalue weighted by molar-refractivity contribution is 0.0695. The minimum atomic E-state index is -0.941. The zero-order chi connectivity index (χ0) is 20.0. The number of H-pyrrole nitrogens is 2. The molecule has 5 heteroatoms. The molecule has 4 nitrogen and oxygen atoms in total. The Balaban J connectivity index is 1.85. The van der Waals surface area contributed by atoms with Crippen molar-refractivity contribution in [3.8, 4) is 0 Å². The Labute approximate surface area is 171 Å². The van der Waals surface area contributed by atoms with E-state index in [2.05, 4.69) is 16.0 Å². The van der Waals surface area contributed by atoms with E-state index in [1.54, 1.807) is 12.1 Å².